The Kier molecular flexibility index (Phi) is 3.90. The van der Waals surface area contributed by atoms with Crippen molar-refractivity contribution in [3.05, 3.63) is 23.8 Å². The van der Waals surface area contributed by atoms with Crippen LogP contribution < -0.4 is 14.9 Å². The van der Waals surface area contributed by atoms with Gasteiger partial charge in [0.2, 0.25) is 0 Å². The van der Waals surface area contributed by atoms with Crippen molar-refractivity contribution in [2.75, 3.05) is 14.2 Å². The van der Waals surface area contributed by atoms with E-state index in [1.54, 1.807) is 14.2 Å². The number of hydrogen-bond acceptors (Lipinski definition) is 6. The van der Waals surface area contributed by atoms with Crippen molar-refractivity contribution < 1.29 is 14.3 Å². The average Bonchev–Trinajstić information content (AvgIpc) is 3.47. The van der Waals surface area contributed by atoms with E-state index in [0.717, 1.165) is 47.2 Å². The number of ether oxygens (including phenoxy) is 2. The van der Waals surface area contributed by atoms with Crippen molar-refractivity contribution in [3.8, 4) is 11.5 Å². The Hall–Kier alpha value is -2.24. The number of nitrogens with zero attached hydrogens (tertiary/aromatic N) is 2. The van der Waals surface area contributed by atoms with Crippen molar-refractivity contribution in [3.63, 3.8) is 0 Å². The van der Waals surface area contributed by atoms with E-state index in [1.807, 2.05) is 12.1 Å². The van der Waals surface area contributed by atoms with Gasteiger partial charge < -0.3 is 19.7 Å². The third-order valence-corrected chi connectivity index (χ3v) is 7.85. The third-order valence-electron chi connectivity index (χ3n) is 7.85. The lowest BCUT2D eigenvalue weighted by atomic mass is 9.63. The maximum Gasteiger partial charge on any atom is 0.161 e. The predicted octanol–water partition coefficient (Wildman–Crippen LogP) is 4.07. The highest BCUT2D eigenvalue weighted by molar-refractivity contribution is 6.43. The topological polar surface area (TPSA) is 64.4 Å². The molecule has 6 nitrogen and oxygen atoms in total. The minimum Gasteiger partial charge on any atom is -0.493 e. The Bertz CT molecular complexity index is 863. The van der Waals surface area contributed by atoms with Crippen molar-refractivity contribution in [2.24, 2.45) is 27.5 Å². The SMILES string of the molecule is COc1ccc(C2CC(C3=NOC4(C3)[C@H]3CC[C@H](C3)C4(C)C)=NN2)cc1OC. The molecule has 4 atom stereocenters. The number of fused-ring (bicyclic) bond motifs is 3. The van der Waals surface area contributed by atoms with Gasteiger partial charge in [0.05, 0.1) is 26.0 Å². The van der Waals surface area contributed by atoms with E-state index >= 15 is 0 Å². The lowest BCUT2D eigenvalue weighted by molar-refractivity contribution is -0.135. The molecule has 1 spiro atoms. The molecule has 4 aliphatic rings. The zero-order valence-corrected chi connectivity index (χ0v) is 17.1. The van der Waals surface area contributed by atoms with Gasteiger partial charge in [-0.1, -0.05) is 25.1 Å². The first-order chi connectivity index (χ1) is 13.5. The molecule has 2 bridgehead atoms. The van der Waals surface area contributed by atoms with Crippen LogP contribution >= 0.6 is 0 Å². The van der Waals surface area contributed by atoms with Gasteiger partial charge in [0.25, 0.3) is 0 Å². The zero-order valence-electron chi connectivity index (χ0n) is 17.1. The summed E-state index contributed by atoms with van der Waals surface area (Å²) in [6.45, 7) is 4.74. The second kappa shape index (κ2) is 6.13. The van der Waals surface area contributed by atoms with Gasteiger partial charge in [0, 0.05) is 24.2 Å². The molecule has 0 amide bonds. The molecule has 1 N–H and O–H groups in total. The first-order valence-electron chi connectivity index (χ1n) is 10.3. The third kappa shape index (κ3) is 2.32. The summed E-state index contributed by atoms with van der Waals surface area (Å²) in [5.41, 5.74) is 6.50. The average molecular weight is 383 g/mol. The quantitative estimate of drug-likeness (QED) is 0.851. The lowest BCUT2D eigenvalue weighted by Gasteiger charge is -2.44. The molecule has 2 heterocycles. The van der Waals surface area contributed by atoms with Gasteiger partial charge >= 0.3 is 0 Å². The number of hydrazone groups is 1. The standard InChI is InChI=1S/C22H29N3O3/c1-21(2)14-6-7-15(10-14)22(21)12-18(25-28-22)17-11-16(23-24-17)13-5-8-19(26-3)20(9-13)27-4/h5,8-9,14-16,23H,6-7,10-12H2,1-4H3/t14-,15+,16?,22?/m1/s1. The number of nitrogens with one attached hydrogen (secondary N) is 1. The van der Waals surface area contributed by atoms with E-state index in [-0.39, 0.29) is 17.1 Å². The number of methoxy groups -OCH3 is 2. The van der Waals surface area contributed by atoms with Crippen molar-refractivity contribution >= 4 is 11.4 Å². The van der Waals surface area contributed by atoms with Crippen LogP contribution in [0.5, 0.6) is 11.5 Å². The lowest BCUT2D eigenvalue weighted by Crippen LogP contribution is -2.49. The fourth-order valence-electron chi connectivity index (χ4n) is 5.99. The van der Waals surface area contributed by atoms with Crippen LogP contribution in [0.3, 0.4) is 0 Å². The summed E-state index contributed by atoms with van der Waals surface area (Å²) in [7, 11) is 3.31. The molecular formula is C22H29N3O3. The van der Waals surface area contributed by atoms with Crippen LogP contribution in [-0.4, -0.2) is 31.2 Å². The number of hydrogen-bond donors (Lipinski definition) is 1. The highest BCUT2D eigenvalue weighted by Gasteiger charge is 2.67. The molecule has 0 aromatic heterocycles. The Balaban J connectivity index is 1.31. The molecule has 2 fully saturated rings. The van der Waals surface area contributed by atoms with E-state index in [2.05, 4.69) is 35.6 Å². The molecule has 150 valence electrons. The van der Waals surface area contributed by atoms with Crippen molar-refractivity contribution in [1.82, 2.24) is 5.43 Å². The molecule has 5 rings (SSSR count). The van der Waals surface area contributed by atoms with E-state index < -0.39 is 0 Å². The van der Waals surface area contributed by atoms with Gasteiger partial charge in [-0.3, -0.25) is 0 Å². The van der Waals surface area contributed by atoms with E-state index in [9.17, 15) is 0 Å². The number of rotatable bonds is 4. The minimum atomic E-state index is -0.130. The molecule has 1 aromatic rings. The Morgan fingerprint density at radius 1 is 1.07 bits per heavy atom. The van der Waals surface area contributed by atoms with Gasteiger partial charge in [0.15, 0.2) is 17.1 Å². The summed E-state index contributed by atoms with van der Waals surface area (Å²) in [5, 5.41) is 9.18. The molecule has 0 radical (unpaired) electrons. The molecule has 2 saturated carbocycles. The normalized spacial score (nSPS) is 34.8. The maximum atomic E-state index is 6.23. The van der Waals surface area contributed by atoms with Crippen LogP contribution in [0.4, 0.5) is 0 Å². The van der Waals surface area contributed by atoms with Crippen LogP contribution in [0.1, 0.15) is 57.6 Å². The van der Waals surface area contributed by atoms with Gasteiger partial charge in [-0.25, -0.2) is 0 Å². The summed E-state index contributed by atoms with van der Waals surface area (Å²) in [4.78, 5) is 6.23. The van der Waals surface area contributed by atoms with E-state index in [4.69, 9.17) is 14.3 Å². The molecule has 0 saturated heterocycles. The Labute approximate surface area is 166 Å². The van der Waals surface area contributed by atoms with E-state index in [0.29, 0.717) is 5.92 Å². The summed E-state index contributed by atoms with van der Waals surface area (Å²) in [6.07, 6.45) is 5.59. The highest BCUT2D eigenvalue weighted by Crippen LogP contribution is 2.65. The monoisotopic (exact) mass is 383 g/mol. The predicted molar refractivity (Wildman–Crippen MR) is 108 cm³/mol. The zero-order chi connectivity index (χ0) is 19.5. The fraction of sp³-hybridized carbons (Fsp3) is 0.636. The van der Waals surface area contributed by atoms with Crippen LogP contribution in [0, 0.1) is 17.3 Å². The van der Waals surface area contributed by atoms with Gasteiger partial charge in [0.1, 0.15) is 5.71 Å². The van der Waals surface area contributed by atoms with E-state index in [1.165, 1.54) is 19.3 Å². The number of benzene rings is 1. The summed E-state index contributed by atoms with van der Waals surface area (Å²) in [5.74, 6) is 2.86. The van der Waals surface area contributed by atoms with Crippen molar-refractivity contribution in [1.29, 1.82) is 0 Å². The summed E-state index contributed by atoms with van der Waals surface area (Å²) in [6, 6.07) is 6.13. The van der Waals surface area contributed by atoms with Crippen LogP contribution in [0.25, 0.3) is 0 Å². The fourth-order valence-corrected chi connectivity index (χ4v) is 5.99. The smallest absolute Gasteiger partial charge is 0.161 e. The molecule has 2 aliphatic carbocycles. The van der Waals surface area contributed by atoms with Crippen LogP contribution in [-0.2, 0) is 4.84 Å². The van der Waals surface area contributed by atoms with Gasteiger partial charge in [-0.2, -0.15) is 5.10 Å². The second-order valence-electron chi connectivity index (χ2n) is 9.18. The van der Waals surface area contributed by atoms with Gasteiger partial charge in [-0.15, -0.1) is 0 Å². The summed E-state index contributed by atoms with van der Waals surface area (Å²) >= 11 is 0. The van der Waals surface area contributed by atoms with Crippen molar-refractivity contribution in [2.45, 2.75) is 57.6 Å². The first-order valence-corrected chi connectivity index (χ1v) is 10.3. The number of oxime groups is 1. The second-order valence-corrected chi connectivity index (χ2v) is 9.18. The summed E-state index contributed by atoms with van der Waals surface area (Å²) < 4.78 is 10.8. The van der Waals surface area contributed by atoms with Crippen LogP contribution in [0.2, 0.25) is 0 Å². The minimum absolute atomic E-state index is 0.113. The first kappa shape index (κ1) is 17.8. The molecule has 2 unspecified atom stereocenters. The Morgan fingerprint density at radius 2 is 1.86 bits per heavy atom. The Morgan fingerprint density at radius 3 is 2.57 bits per heavy atom. The molecular weight excluding hydrogens is 354 g/mol. The van der Waals surface area contributed by atoms with Crippen LogP contribution in [0.15, 0.2) is 28.5 Å². The molecule has 6 heteroatoms. The molecule has 2 aliphatic heterocycles. The molecule has 1 aromatic carbocycles. The largest absolute Gasteiger partial charge is 0.493 e. The molecule has 28 heavy (non-hydrogen) atoms. The highest BCUT2D eigenvalue weighted by atomic mass is 16.7. The van der Waals surface area contributed by atoms with Gasteiger partial charge in [-0.05, 0) is 42.9 Å². The maximum absolute atomic E-state index is 6.23.